The summed E-state index contributed by atoms with van der Waals surface area (Å²) in [4.78, 5) is 31.5. The van der Waals surface area contributed by atoms with Gasteiger partial charge in [-0.15, -0.1) is 0 Å². The van der Waals surface area contributed by atoms with Crippen molar-refractivity contribution in [3.63, 3.8) is 0 Å². The van der Waals surface area contributed by atoms with E-state index in [1.54, 1.807) is 18.4 Å². The fourth-order valence-electron chi connectivity index (χ4n) is 1.86. The fourth-order valence-corrected chi connectivity index (χ4v) is 2.81. The Morgan fingerprint density at radius 1 is 1.25 bits per heavy atom. The van der Waals surface area contributed by atoms with Crippen LogP contribution in [-0.4, -0.2) is 35.1 Å². The van der Waals surface area contributed by atoms with Crippen molar-refractivity contribution in [1.82, 2.24) is 15.3 Å². The molecule has 0 fully saturated rings. The minimum Gasteiger partial charge on any atom is -0.365 e. The Balaban J connectivity index is 2.44. The van der Waals surface area contributed by atoms with Gasteiger partial charge >= 0.3 is 0 Å². The normalized spacial score (nSPS) is 10.3. The number of rotatable bonds is 5. The number of amides is 2. The summed E-state index contributed by atoms with van der Waals surface area (Å²) in [6.45, 7) is 0. The molecule has 0 saturated carbocycles. The summed E-state index contributed by atoms with van der Waals surface area (Å²) >= 11 is 13.4. The van der Waals surface area contributed by atoms with Gasteiger partial charge in [-0.1, -0.05) is 35.0 Å². The molecular formula is C14H13Cl2N5O2S. The van der Waals surface area contributed by atoms with E-state index >= 15 is 0 Å². The van der Waals surface area contributed by atoms with Crippen molar-refractivity contribution in [1.29, 1.82) is 0 Å². The fraction of sp³-hybridized carbons (Fsp3) is 0.143. The van der Waals surface area contributed by atoms with Crippen molar-refractivity contribution in [3.05, 3.63) is 39.5 Å². The van der Waals surface area contributed by atoms with Crippen molar-refractivity contribution in [3.8, 4) is 0 Å². The van der Waals surface area contributed by atoms with E-state index in [1.807, 2.05) is 0 Å². The van der Waals surface area contributed by atoms with E-state index < -0.39 is 5.91 Å². The molecular weight excluding hydrogens is 373 g/mol. The molecule has 0 aliphatic heterocycles. The van der Waals surface area contributed by atoms with Crippen molar-refractivity contribution in [2.24, 2.45) is 5.73 Å². The standard InChI is InChI=1S/C14H13Cl2N5O2S/c1-18-13(23)7-4-3-6(5-8(7)15)19-12-9(11(17)22)10(16)20-14(21-12)24-2/h3-5H,1-2H3,(H2,17,22)(H,18,23)(H,19,20,21). The lowest BCUT2D eigenvalue weighted by molar-refractivity contribution is 0.0961. The largest absolute Gasteiger partial charge is 0.365 e. The van der Waals surface area contributed by atoms with Crippen LogP contribution in [0, 0.1) is 0 Å². The number of halogens is 2. The SMILES string of the molecule is CNC(=O)c1ccc(Nc2nc(SC)nc(Cl)c2C(N)=O)cc1Cl. The zero-order chi connectivity index (χ0) is 17.9. The maximum absolute atomic E-state index is 11.7. The molecule has 0 aliphatic carbocycles. The molecule has 0 atom stereocenters. The van der Waals surface area contributed by atoms with Gasteiger partial charge in [0.2, 0.25) is 0 Å². The lowest BCUT2D eigenvalue weighted by Gasteiger charge is -2.12. The molecule has 2 amide bonds. The van der Waals surface area contributed by atoms with Gasteiger partial charge in [-0.3, -0.25) is 9.59 Å². The van der Waals surface area contributed by atoms with E-state index in [0.717, 1.165) is 0 Å². The van der Waals surface area contributed by atoms with Gasteiger partial charge < -0.3 is 16.4 Å². The van der Waals surface area contributed by atoms with Gasteiger partial charge in [-0.2, -0.15) is 0 Å². The predicted octanol–water partition coefficient (Wildman–Crippen LogP) is 2.71. The van der Waals surface area contributed by atoms with E-state index in [1.165, 1.54) is 24.9 Å². The lowest BCUT2D eigenvalue weighted by Crippen LogP contribution is -2.18. The Hall–Kier alpha value is -2.03. The third-order valence-corrected chi connectivity index (χ3v) is 4.11. The first-order valence-electron chi connectivity index (χ1n) is 6.57. The lowest BCUT2D eigenvalue weighted by atomic mass is 10.2. The molecule has 0 unspecified atom stereocenters. The molecule has 0 radical (unpaired) electrons. The van der Waals surface area contributed by atoms with Crippen LogP contribution in [0.15, 0.2) is 23.4 Å². The maximum Gasteiger partial charge on any atom is 0.255 e. The second kappa shape index (κ2) is 7.69. The average Bonchev–Trinajstić information content (AvgIpc) is 2.53. The Morgan fingerprint density at radius 3 is 2.50 bits per heavy atom. The van der Waals surface area contributed by atoms with Crippen molar-refractivity contribution in [2.75, 3.05) is 18.6 Å². The minimum atomic E-state index is -0.761. The molecule has 126 valence electrons. The first-order chi connectivity index (χ1) is 11.4. The summed E-state index contributed by atoms with van der Waals surface area (Å²) in [6, 6.07) is 4.70. The molecule has 0 saturated heterocycles. The molecule has 0 aliphatic rings. The third kappa shape index (κ3) is 3.89. The van der Waals surface area contributed by atoms with E-state index in [9.17, 15) is 9.59 Å². The first kappa shape index (κ1) is 18.3. The summed E-state index contributed by atoms with van der Waals surface area (Å²) in [7, 11) is 1.51. The molecule has 4 N–H and O–H groups in total. The molecule has 2 aromatic rings. The second-order valence-corrected chi connectivity index (χ2v) is 6.03. The Morgan fingerprint density at radius 2 is 1.96 bits per heavy atom. The van der Waals surface area contributed by atoms with Gasteiger partial charge in [-0.25, -0.2) is 9.97 Å². The van der Waals surface area contributed by atoms with Crippen LogP contribution in [0.3, 0.4) is 0 Å². The van der Waals surface area contributed by atoms with E-state index in [4.69, 9.17) is 28.9 Å². The molecule has 1 aromatic carbocycles. The number of thioether (sulfide) groups is 1. The molecule has 0 spiro atoms. The maximum atomic E-state index is 11.7. The van der Waals surface area contributed by atoms with Crippen LogP contribution in [0.2, 0.25) is 10.2 Å². The van der Waals surface area contributed by atoms with Crippen LogP contribution >= 0.6 is 35.0 Å². The van der Waals surface area contributed by atoms with Crippen molar-refractivity contribution >= 4 is 58.3 Å². The van der Waals surface area contributed by atoms with Crippen molar-refractivity contribution in [2.45, 2.75) is 5.16 Å². The number of benzene rings is 1. The van der Waals surface area contributed by atoms with Crippen LogP contribution in [0.4, 0.5) is 11.5 Å². The zero-order valence-electron chi connectivity index (χ0n) is 12.7. The van der Waals surface area contributed by atoms with Crippen LogP contribution in [0.5, 0.6) is 0 Å². The number of hydrogen-bond acceptors (Lipinski definition) is 6. The van der Waals surface area contributed by atoms with Gasteiger partial charge in [0, 0.05) is 12.7 Å². The zero-order valence-corrected chi connectivity index (χ0v) is 15.0. The van der Waals surface area contributed by atoms with Gasteiger partial charge in [0.15, 0.2) is 5.16 Å². The summed E-state index contributed by atoms with van der Waals surface area (Å²) in [5, 5.41) is 5.99. The number of hydrogen-bond donors (Lipinski definition) is 3. The van der Waals surface area contributed by atoms with E-state index in [2.05, 4.69) is 20.6 Å². The Bertz CT molecular complexity index is 816. The summed E-state index contributed by atoms with van der Waals surface area (Å²) in [6.07, 6.45) is 1.77. The van der Waals surface area contributed by atoms with Gasteiger partial charge in [0.05, 0.1) is 10.6 Å². The highest BCUT2D eigenvalue weighted by atomic mass is 35.5. The molecule has 7 nitrogen and oxygen atoms in total. The number of aromatic nitrogens is 2. The van der Waals surface area contributed by atoms with Gasteiger partial charge in [-0.05, 0) is 24.5 Å². The molecule has 0 bridgehead atoms. The van der Waals surface area contributed by atoms with Gasteiger partial charge in [0.25, 0.3) is 11.8 Å². The van der Waals surface area contributed by atoms with Crippen LogP contribution in [0.1, 0.15) is 20.7 Å². The van der Waals surface area contributed by atoms with E-state index in [0.29, 0.717) is 16.4 Å². The Kier molecular flexibility index (Phi) is 5.87. The smallest absolute Gasteiger partial charge is 0.255 e. The molecule has 1 aromatic heterocycles. The summed E-state index contributed by atoms with van der Waals surface area (Å²) in [5.41, 5.74) is 6.15. The number of carbonyl (C=O) groups excluding carboxylic acids is 2. The quantitative estimate of drug-likeness (QED) is 0.414. The van der Waals surface area contributed by atoms with Crippen LogP contribution < -0.4 is 16.4 Å². The number of primary amides is 1. The molecule has 10 heteroatoms. The molecule has 2 rings (SSSR count). The topological polar surface area (TPSA) is 110 Å². The second-order valence-electron chi connectivity index (χ2n) is 4.49. The van der Waals surface area contributed by atoms with Crippen molar-refractivity contribution < 1.29 is 9.59 Å². The molecule has 24 heavy (non-hydrogen) atoms. The summed E-state index contributed by atoms with van der Waals surface area (Å²) < 4.78 is 0. The summed E-state index contributed by atoms with van der Waals surface area (Å²) in [5.74, 6) is -0.905. The molecule has 1 heterocycles. The number of nitrogens with two attached hydrogens (primary N) is 1. The predicted molar refractivity (Wildman–Crippen MR) is 95.5 cm³/mol. The monoisotopic (exact) mass is 385 g/mol. The first-order valence-corrected chi connectivity index (χ1v) is 8.55. The number of carbonyl (C=O) groups is 2. The minimum absolute atomic E-state index is 0.0269. The highest BCUT2D eigenvalue weighted by Crippen LogP contribution is 2.28. The number of nitrogens with one attached hydrogen (secondary N) is 2. The highest BCUT2D eigenvalue weighted by Gasteiger charge is 2.18. The van der Waals surface area contributed by atoms with E-state index in [-0.39, 0.29) is 27.5 Å². The number of anilines is 2. The average molecular weight is 386 g/mol. The highest BCUT2D eigenvalue weighted by molar-refractivity contribution is 7.98. The number of nitrogens with zero attached hydrogens (tertiary/aromatic N) is 2. The van der Waals surface area contributed by atoms with Crippen LogP contribution in [0.25, 0.3) is 0 Å². The third-order valence-electron chi connectivity index (χ3n) is 2.98. The Labute approximate surface area is 152 Å². The van der Waals surface area contributed by atoms with Gasteiger partial charge in [0.1, 0.15) is 16.5 Å². The van der Waals surface area contributed by atoms with Crippen LogP contribution in [-0.2, 0) is 0 Å².